The van der Waals surface area contributed by atoms with Crippen LogP contribution in [0.25, 0.3) is 0 Å². The molecular formula is C20H40N2O3. The molecule has 1 atom stereocenters. The van der Waals surface area contributed by atoms with E-state index in [1.807, 2.05) is 0 Å². The fourth-order valence-electron chi connectivity index (χ4n) is 2.76. The monoisotopic (exact) mass is 356 g/mol. The average molecular weight is 357 g/mol. The first-order chi connectivity index (χ1) is 12.0. The lowest BCUT2D eigenvalue weighted by atomic mass is 10.0. The molecule has 2 N–H and O–H groups in total. The summed E-state index contributed by atoms with van der Waals surface area (Å²) >= 11 is 0. The van der Waals surface area contributed by atoms with Crippen LogP contribution in [0.3, 0.4) is 0 Å². The van der Waals surface area contributed by atoms with Gasteiger partial charge in [0.25, 0.3) is 0 Å². The maximum atomic E-state index is 11.8. The fourth-order valence-corrected chi connectivity index (χ4v) is 2.76. The number of likely N-dealkylation sites (N-methyl/N-ethyl adjacent to an activating group) is 1. The van der Waals surface area contributed by atoms with Crippen LogP contribution >= 0.6 is 0 Å². The topological polar surface area (TPSA) is 72.6 Å². The number of hydrogen-bond acceptors (Lipinski definition) is 5. The summed E-state index contributed by atoms with van der Waals surface area (Å²) in [6, 6.07) is 0. The molecule has 5 nitrogen and oxygen atoms in total. The summed E-state index contributed by atoms with van der Waals surface area (Å²) in [6.45, 7) is 2.45. The number of carbonyl (C=O) groups excluding carboxylic acids is 2. The summed E-state index contributed by atoms with van der Waals surface area (Å²) < 4.78 is 5.06. The van der Waals surface area contributed by atoms with Crippen molar-refractivity contribution in [3.63, 3.8) is 0 Å². The van der Waals surface area contributed by atoms with Crippen LogP contribution in [0, 0.1) is 0 Å². The second-order valence-electron chi connectivity index (χ2n) is 7.28. The van der Waals surface area contributed by atoms with E-state index in [1.165, 1.54) is 51.4 Å². The molecule has 0 aliphatic rings. The van der Waals surface area contributed by atoms with E-state index in [9.17, 15) is 9.59 Å². The van der Waals surface area contributed by atoms with Gasteiger partial charge in [0.1, 0.15) is 5.78 Å². The molecule has 148 valence electrons. The first kappa shape index (κ1) is 24.1. The molecule has 0 aromatic carbocycles. The third-order valence-corrected chi connectivity index (χ3v) is 4.25. The van der Waals surface area contributed by atoms with Gasteiger partial charge in [-0.1, -0.05) is 64.7 Å². The Labute approximate surface area is 154 Å². The maximum absolute atomic E-state index is 11.8. The second-order valence-corrected chi connectivity index (χ2v) is 7.28. The van der Waals surface area contributed by atoms with Crippen molar-refractivity contribution in [2.75, 3.05) is 20.6 Å². The van der Waals surface area contributed by atoms with Gasteiger partial charge in [-0.25, -0.2) is 0 Å². The largest absolute Gasteiger partial charge is 0.446 e. The average Bonchev–Trinajstić information content (AvgIpc) is 2.53. The van der Waals surface area contributed by atoms with E-state index in [1.54, 1.807) is 19.0 Å². The van der Waals surface area contributed by atoms with Gasteiger partial charge in [0.05, 0.1) is 6.54 Å². The van der Waals surface area contributed by atoms with Crippen molar-refractivity contribution in [2.24, 2.45) is 5.73 Å². The molecule has 0 aliphatic heterocycles. The molecule has 1 unspecified atom stereocenters. The first-order valence-electron chi connectivity index (χ1n) is 10.1. The Balaban J connectivity index is 3.45. The van der Waals surface area contributed by atoms with Crippen LogP contribution in [0.4, 0.5) is 0 Å². The van der Waals surface area contributed by atoms with E-state index in [-0.39, 0.29) is 18.3 Å². The number of carbonyl (C=O) groups is 2. The van der Waals surface area contributed by atoms with Crippen LogP contribution in [-0.4, -0.2) is 43.5 Å². The van der Waals surface area contributed by atoms with Crippen molar-refractivity contribution in [1.29, 1.82) is 0 Å². The number of ketones is 1. The Morgan fingerprint density at radius 2 is 1.40 bits per heavy atom. The minimum absolute atomic E-state index is 0.209. The maximum Gasteiger partial charge on any atom is 0.321 e. The summed E-state index contributed by atoms with van der Waals surface area (Å²) in [5.41, 5.74) is 5.74. The molecule has 0 aromatic rings. The number of esters is 1. The highest BCUT2D eigenvalue weighted by Crippen LogP contribution is 2.12. The molecule has 0 amide bonds. The molecule has 0 saturated heterocycles. The van der Waals surface area contributed by atoms with Gasteiger partial charge >= 0.3 is 5.97 Å². The smallest absolute Gasteiger partial charge is 0.321 e. The number of rotatable bonds is 17. The highest BCUT2D eigenvalue weighted by molar-refractivity contribution is 5.78. The third kappa shape index (κ3) is 17.7. The van der Waals surface area contributed by atoms with E-state index >= 15 is 0 Å². The van der Waals surface area contributed by atoms with E-state index in [2.05, 4.69) is 6.92 Å². The van der Waals surface area contributed by atoms with Gasteiger partial charge in [0.2, 0.25) is 0 Å². The molecule has 0 fully saturated rings. The molecule has 0 spiro atoms. The first-order valence-corrected chi connectivity index (χ1v) is 10.1. The summed E-state index contributed by atoms with van der Waals surface area (Å²) in [6.07, 6.45) is 13.4. The van der Waals surface area contributed by atoms with Crippen molar-refractivity contribution in [3.8, 4) is 0 Å². The molecule has 25 heavy (non-hydrogen) atoms. The van der Waals surface area contributed by atoms with Gasteiger partial charge in [-0.05, 0) is 20.5 Å². The van der Waals surface area contributed by atoms with Crippen LogP contribution in [0.5, 0.6) is 0 Å². The SMILES string of the molecule is CCCCCCCCCCCCC(=O)CCC(N)OC(=O)CN(C)C. The third-order valence-electron chi connectivity index (χ3n) is 4.25. The number of nitrogens with two attached hydrogens (primary N) is 1. The minimum atomic E-state index is -0.677. The zero-order chi connectivity index (χ0) is 18.9. The van der Waals surface area contributed by atoms with Crippen molar-refractivity contribution < 1.29 is 14.3 Å². The molecule has 0 radical (unpaired) electrons. The lowest BCUT2D eigenvalue weighted by Crippen LogP contribution is -2.32. The van der Waals surface area contributed by atoms with Gasteiger partial charge in [0.15, 0.2) is 6.23 Å². The van der Waals surface area contributed by atoms with Crippen LogP contribution in [0.1, 0.15) is 90.4 Å². The number of unbranched alkanes of at least 4 members (excludes halogenated alkanes) is 9. The lowest BCUT2D eigenvalue weighted by molar-refractivity contribution is -0.150. The zero-order valence-corrected chi connectivity index (χ0v) is 16.7. The Morgan fingerprint density at radius 1 is 0.880 bits per heavy atom. The molecule has 0 rings (SSSR count). The zero-order valence-electron chi connectivity index (χ0n) is 16.7. The minimum Gasteiger partial charge on any atom is -0.446 e. The van der Waals surface area contributed by atoms with Gasteiger partial charge in [-0.15, -0.1) is 0 Å². The van der Waals surface area contributed by atoms with Crippen molar-refractivity contribution in [1.82, 2.24) is 4.90 Å². The van der Waals surface area contributed by atoms with E-state index in [0.717, 1.165) is 12.8 Å². The lowest BCUT2D eigenvalue weighted by Gasteiger charge is -2.14. The normalized spacial score (nSPS) is 12.4. The van der Waals surface area contributed by atoms with Crippen LogP contribution in [-0.2, 0) is 14.3 Å². The molecule has 0 saturated carbocycles. The van der Waals surface area contributed by atoms with Crippen molar-refractivity contribution >= 4 is 11.8 Å². The number of Topliss-reactive ketones (excluding diaryl/α,β-unsaturated/α-hetero) is 1. The Hall–Kier alpha value is -0.940. The van der Waals surface area contributed by atoms with E-state index in [0.29, 0.717) is 19.3 Å². The Morgan fingerprint density at radius 3 is 1.92 bits per heavy atom. The Kier molecular flexibility index (Phi) is 15.9. The van der Waals surface area contributed by atoms with E-state index in [4.69, 9.17) is 10.5 Å². The highest BCUT2D eigenvalue weighted by atomic mass is 16.6. The molecular weight excluding hydrogens is 316 g/mol. The fraction of sp³-hybridized carbons (Fsp3) is 0.900. The molecule has 0 bridgehead atoms. The van der Waals surface area contributed by atoms with Gasteiger partial charge < -0.3 is 4.74 Å². The number of ether oxygens (including phenoxy) is 1. The van der Waals surface area contributed by atoms with Crippen LogP contribution < -0.4 is 5.73 Å². The van der Waals surface area contributed by atoms with Gasteiger partial charge in [0, 0.05) is 19.3 Å². The molecule has 5 heteroatoms. The summed E-state index contributed by atoms with van der Waals surface area (Å²) in [7, 11) is 3.59. The summed E-state index contributed by atoms with van der Waals surface area (Å²) in [4.78, 5) is 25.0. The predicted octanol–water partition coefficient (Wildman–Crippen LogP) is 4.04. The van der Waals surface area contributed by atoms with E-state index < -0.39 is 6.23 Å². The van der Waals surface area contributed by atoms with Crippen molar-refractivity contribution in [2.45, 2.75) is 96.6 Å². The number of nitrogens with zero attached hydrogens (tertiary/aromatic N) is 1. The number of hydrogen-bond donors (Lipinski definition) is 1. The van der Waals surface area contributed by atoms with Crippen LogP contribution in [0.2, 0.25) is 0 Å². The summed E-state index contributed by atoms with van der Waals surface area (Å²) in [5, 5.41) is 0. The quantitative estimate of drug-likeness (QED) is 0.242. The van der Waals surface area contributed by atoms with Crippen molar-refractivity contribution in [3.05, 3.63) is 0 Å². The highest BCUT2D eigenvalue weighted by Gasteiger charge is 2.12. The van der Waals surface area contributed by atoms with Crippen LogP contribution in [0.15, 0.2) is 0 Å². The van der Waals surface area contributed by atoms with Gasteiger partial charge in [-0.3, -0.25) is 20.2 Å². The van der Waals surface area contributed by atoms with Gasteiger partial charge in [-0.2, -0.15) is 0 Å². The standard InChI is InChI=1S/C20H40N2O3/c1-4-5-6-7-8-9-10-11-12-13-14-18(23)15-16-19(21)25-20(24)17-22(2)3/h19H,4-17,21H2,1-3H3. The Bertz CT molecular complexity index is 346. The predicted molar refractivity (Wildman–Crippen MR) is 103 cm³/mol. The second kappa shape index (κ2) is 16.5. The molecule has 0 aliphatic carbocycles. The molecule has 0 aromatic heterocycles. The summed E-state index contributed by atoms with van der Waals surface area (Å²) in [5.74, 6) is -0.127. The molecule has 0 heterocycles.